The Balaban J connectivity index is 2.01. The quantitative estimate of drug-likeness (QED) is 0.781. The molecule has 3 N–H and O–H groups in total. The van der Waals surface area contributed by atoms with E-state index in [1.165, 1.54) is 12.1 Å². The van der Waals surface area contributed by atoms with Gasteiger partial charge in [-0.25, -0.2) is 8.78 Å². The predicted octanol–water partition coefficient (Wildman–Crippen LogP) is 2.38. The molecule has 1 aromatic heterocycles. The number of fused-ring (bicyclic) bond motifs is 1. The summed E-state index contributed by atoms with van der Waals surface area (Å²) in [5, 5.41) is 0.329. The van der Waals surface area contributed by atoms with Gasteiger partial charge in [0, 0.05) is 24.5 Å². The van der Waals surface area contributed by atoms with E-state index in [2.05, 4.69) is 20.9 Å². The van der Waals surface area contributed by atoms with Crippen LogP contribution in [0.1, 0.15) is 16.9 Å². The minimum atomic E-state index is -0.739. The van der Waals surface area contributed by atoms with Crippen LogP contribution in [0.25, 0.3) is 10.9 Å². The first-order valence-corrected chi connectivity index (χ1v) is 6.97. The van der Waals surface area contributed by atoms with Crippen molar-refractivity contribution < 1.29 is 13.6 Å². The molecule has 1 aromatic carbocycles. The van der Waals surface area contributed by atoms with Crippen molar-refractivity contribution in [3.8, 4) is 0 Å². The largest absolute Gasteiger partial charge is 0.348 e. The van der Waals surface area contributed by atoms with Gasteiger partial charge in [-0.1, -0.05) is 0 Å². The number of amides is 1. The fourth-order valence-corrected chi connectivity index (χ4v) is 2.75. The zero-order chi connectivity index (χ0) is 14.4. The van der Waals surface area contributed by atoms with E-state index in [4.69, 9.17) is 5.73 Å². The molecule has 1 amide bonds. The first kappa shape index (κ1) is 13.5. The Bertz CT molecular complexity index is 700. The summed E-state index contributed by atoms with van der Waals surface area (Å²) in [5.74, 6) is -1.68. The number of nitrogens with zero attached hydrogens (tertiary/aromatic N) is 1. The van der Waals surface area contributed by atoms with Crippen molar-refractivity contribution in [1.82, 2.24) is 9.88 Å². The van der Waals surface area contributed by atoms with E-state index in [9.17, 15) is 13.6 Å². The number of nitrogens with two attached hydrogens (primary N) is 1. The highest BCUT2D eigenvalue weighted by atomic mass is 79.9. The van der Waals surface area contributed by atoms with Gasteiger partial charge in [-0.3, -0.25) is 4.79 Å². The maximum atomic E-state index is 13.9. The summed E-state index contributed by atoms with van der Waals surface area (Å²) in [6, 6.07) is 2.62. The molecule has 1 saturated heterocycles. The third-order valence-corrected chi connectivity index (χ3v) is 4.22. The number of H-pyrrole nitrogens is 1. The number of likely N-dealkylation sites (tertiary alicyclic amines) is 1. The highest BCUT2D eigenvalue weighted by molar-refractivity contribution is 9.10. The smallest absolute Gasteiger partial charge is 0.270 e. The van der Waals surface area contributed by atoms with Crippen molar-refractivity contribution in [1.29, 1.82) is 0 Å². The predicted molar refractivity (Wildman–Crippen MR) is 74.4 cm³/mol. The summed E-state index contributed by atoms with van der Waals surface area (Å²) in [4.78, 5) is 16.6. The zero-order valence-corrected chi connectivity index (χ0v) is 12.0. The molecule has 1 fully saturated rings. The fourth-order valence-electron chi connectivity index (χ4n) is 2.44. The van der Waals surface area contributed by atoms with Crippen molar-refractivity contribution in [2.24, 2.45) is 5.73 Å². The Morgan fingerprint density at radius 1 is 1.45 bits per heavy atom. The van der Waals surface area contributed by atoms with Crippen LogP contribution in [-0.4, -0.2) is 34.9 Å². The standard InChI is InChI=1S/C13H12BrF2N3O/c14-10-8(15)3-6-4-9(18-12(6)11(10)16)13(20)19-2-1-7(17)5-19/h3-4,7,18H,1-2,5,17H2. The Morgan fingerprint density at radius 3 is 2.85 bits per heavy atom. The molecule has 1 atom stereocenters. The van der Waals surface area contributed by atoms with Gasteiger partial charge in [-0.2, -0.15) is 0 Å². The number of aromatic nitrogens is 1. The monoisotopic (exact) mass is 343 g/mol. The number of halogens is 3. The maximum absolute atomic E-state index is 13.9. The molecule has 0 radical (unpaired) electrons. The van der Waals surface area contributed by atoms with Gasteiger partial charge < -0.3 is 15.6 Å². The van der Waals surface area contributed by atoms with E-state index in [1.807, 2.05) is 0 Å². The summed E-state index contributed by atoms with van der Waals surface area (Å²) >= 11 is 2.84. The van der Waals surface area contributed by atoms with Gasteiger partial charge in [0.05, 0.1) is 9.99 Å². The minimum Gasteiger partial charge on any atom is -0.348 e. The lowest BCUT2D eigenvalue weighted by Crippen LogP contribution is -2.32. The summed E-state index contributed by atoms with van der Waals surface area (Å²) in [6.45, 7) is 1.06. The highest BCUT2D eigenvalue weighted by Crippen LogP contribution is 2.28. The van der Waals surface area contributed by atoms with Crippen LogP contribution >= 0.6 is 15.9 Å². The molecular formula is C13H12BrF2N3O. The van der Waals surface area contributed by atoms with Crippen LogP contribution < -0.4 is 5.73 Å². The van der Waals surface area contributed by atoms with Crippen LogP contribution in [-0.2, 0) is 0 Å². The van der Waals surface area contributed by atoms with Crippen LogP contribution in [0, 0.1) is 11.6 Å². The van der Waals surface area contributed by atoms with Crippen LogP contribution in [0.4, 0.5) is 8.78 Å². The molecule has 2 heterocycles. The van der Waals surface area contributed by atoms with Crippen molar-refractivity contribution in [2.75, 3.05) is 13.1 Å². The molecule has 20 heavy (non-hydrogen) atoms. The van der Waals surface area contributed by atoms with E-state index in [-0.39, 0.29) is 27.6 Å². The van der Waals surface area contributed by atoms with Crippen molar-refractivity contribution in [3.63, 3.8) is 0 Å². The SMILES string of the molecule is NC1CCN(C(=O)c2cc3cc(F)c(Br)c(F)c3[nH]2)C1. The number of aromatic amines is 1. The molecular weight excluding hydrogens is 332 g/mol. The molecule has 0 aliphatic carbocycles. The number of carbonyl (C=O) groups excluding carboxylic acids is 1. The van der Waals surface area contributed by atoms with E-state index < -0.39 is 11.6 Å². The molecule has 1 aliphatic heterocycles. The van der Waals surface area contributed by atoms with Crippen molar-refractivity contribution in [2.45, 2.75) is 12.5 Å². The second-order valence-corrected chi connectivity index (χ2v) is 5.73. The van der Waals surface area contributed by atoms with Crippen molar-refractivity contribution in [3.05, 3.63) is 33.9 Å². The van der Waals surface area contributed by atoms with Crippen LogP contribution in [0.2, 0.25) is 0 Å². The summed E-state index contributed by atoms with van der Waals surface area (Å²) in [7, 11) is 0. The first-order chi connectivity index (χ1) is 9.47. The van der Waals surface area contributed by atoms with Gasteiger partial charge in [-0.05, 0) is 34.5 Å². The summed E-state index contributed by atoms with van der Waals surface area (Å²) in [5.41, 5.74) is 6.12. The molecule has 0 bridgehead atoms. The van der Waals surface area contributed by atoms with E-state index >= 15 is 0 Å². The van der Waals surface area contributed by atoms with E-state index in [0.29, 0.717) is 18.5 Å². The number of hydrogen-bond acceptors (Lipinski definition) is 2. The maximum Gasteiger partial charge on any atom is 0.270 e. The average molecular weight is 344 g/mol. The number of benzene rings is 1. The number of hydrogen-bond donors (Lipinski definition) is 2. The normalized spacial score (nSPS) is 19.0. The van der Waals surface area contributed by atoms with Crippen molar-refractivity contribution >= 4 is 32.7 Å². The summed E-state index contributed by atoms with van der Waals surface area (Å²) in [6.07, 6.45) is 0.751. The Labute approximate surface area is 122 Å². The Morgan fingerprint density at radius 2 is 2.20 bits per heavy atom. The third-order valence-electron chi connectivity index (χ3n) is 3.49. The Hall–Kier alpha value is -1.47. The average Bonchev–Trinajstić information content (AvgIpc) is 3.02. The van der Waals surface area contributed by atoms with Gasteiger partial charge in [0.1, 0.15) is 11.5 Å². The van der Waals surface area contributed by atoms with Gasteiger partial charge in [0.2, 0.25) is 0 Å². The topological polar surface area (TPSA) is 62.1 Å². The molecule has 1 aliphatic rings. The number of nitrogens with one attached hydrogen (secondary N) is 1. The molecule has 0 saturated carbocycles. The van der Waals surface area contributed by atoms with E-state index in [1.54, 1.807) is 4.90 Å². The molecule has 0 spiro atoms. The Kier molecular flexibility index (Phi) is 3.25. The molecule has 1 unspecified atom stereocenters. The second-order valence-electron chi connectivity index (χ2n) is 4.93. The summed E-state index contributed by atoms with van der Waals surface area (Å²) < 4.78 is 27.1. The zero-order valence-electron chi connectivity index (χ0n) is 10.4. The van der Waals surface area contributed by atoms with Gasteiger partial charge in [-0.15, -0.1) is 0 Å². The molecule has 2 aromatic rings. The molecule has 106 valence electrons. The lowest BCUT2D eigenvalue weighted by atomic mass is 10.2. The lowest BCUT2D eigenvalue weighted by Gasteiger charge is -2.14. The van der Waals surface area contributed by atoms with Crippen LogP contribution in [0.3, 0.4) is 0 Å². The van der Waals surface area contributed by atoms with Gasteiger partial charge in [0.25, 0.3) is 5.91 Å². The van der Waals surface area contributed by atoms with Crippen LogP contribution in [0.15, 0.2) is 16.6 Å². The molecule has 7 heteroatoms. The third kappa shape index (κ3) is 2.10. The molecule has 3 rings (SSSR count). The minimum absolute atomic E-state index is 0.0216. The van der Waals surface area contributed by atoms with Gasteiger partial charge in [0.15, 0.2) is 5.82 Å². The molecule has 4 nitrogen and oxygen atoms in total. The highest BCUT2D eigenvalue weighted by Gasteiger charge is 2.26. The van der Waals surface area contributed by atoms with E-state index in [0.717, 1.165) is 6.42 Å². The van der Waals surface area contributed by atoms with Crippen LogP contribution in [0.5, 0.6) is 0 Å². The number of carbonyl (C=O) groups is 1. The second kappa shape index (κ2) is 4.82. The first-order valence-electron chi connectivity index (χ1n) is 6.18. The number of rotatable bonds is 1. The lowest BCUT2D eigenvalue weighted by molar-refractivity contribution is 0.0786. The van der Waals surface area contributed by atoms with Gasteiger partial charge >= 0.3 is 0 Å². The fraction of sp³-hybridized carbons (Fsp3) is 0.308.